The molecule has 0 unspecified atom stereocenters. The van der Waals surface area contributed by atoms with E-state index in [1.807, 2.05) is 60.7 Å². The molecular weight excluding hydrogens is 594 g/mol. The first kappa shape index (κ1) is 30.3. The maximum atomic E-state index is 14.0. The number of ether oxygens (including phenoxy) is 3. The molecule has 0 spiro atoms. The number of nitro benzene ring substituents is 1. The van der Waals surface area contributed by atoms with Gasteiger partial charge in [0.25, 0.3) is 11.6 Å². The van der Waals surface area contributed by atoms with Gasteiger partial charge in [-0.15, -0.1) is 11.8 Å². The van der Waals surface area contributed by atoms with Crippen LogP contribution in [0.4, 0.5) is 5.69 Å². The number of para-hydroxylation sites is 1. The number of nitrogens with zero attached hydrogens (tertiary/aromatic N) is 2. The molecule has 1 amide bonds. The number of thioether (sulfide) groups is 1. The molecule has 1 fully saturated rings. The molecule has 0 aliphatic carbocycles. The highest BCUT2D eigenvalue weighted by atomic mass is 32.2. The molecule has 13 heteroatoms. The summed E-state index contributed by atoms with van der Waals surface area (Å²) in [5, 5.41) is 10.8. The number of amides is 1. The smallest absolute Gasteiger partial charge is 0.356 e. The first-order chi connectivity index (χ1) is 20.8. The Morgan fingerprint density at radius 3 is 2.26 bits per heavy atom. The maximum absolute atomic E-state index is 14.0. The molecule has 222 valence electrons. The zero-order chi connectivity index (χ0) is 30.6. The fourth-order valence-corrected chi connectivity index (χ4v) is 7.21. The summed E-state index contributed by atoms with van der Waals surface area (Å²) in [5.74, 6) is -1.67. The van der Waals surface area contributed by atoms with Crippen molar-refractivity contribution in [2.75, 3.05) is 19.5 Å². The Kier molecular flexibility index (Phi) is 9.16. The number of hydrogen-bond acceptors (Lipinski definition) is 11. The highest BCUT2D eigenvalue weighted by molar-refractivity contribution is 8.00. The lowest BCUT2D eigenvalue weighted by atomic mass is 9.99. The van der Waals surface area contributed by atoms with Crippen molar-refractivity contribution in [3.63, 3.8) is 0 Å². The molecular formula is C30H27N3O8S2. The van der Waals surface area contributed by atoms with Crippen LogP contribution in [0.1, 0.15) is 24.2 Å². The van der Waals surface area contributed by atoms with Crippen LogP contribution in [-0.2, 0) is 28.6 Å². The molecule has 2 heterocycles. The van der Waals surface area contributed by atoms with Crippen LogP contribution in [0, 0.1) is 10.1 Å². The van der Waals surface area contributed by atoms with Crippen molar-refractivity contribution < 1.29 is 33.5 Å². The summed E-state index contributed by atoms with van der Waals surface area (Å²) in [6, 6.07) is 24.5. The van der Waals surface area contributed by atoms with Crippen molar-refractivity contribution in [2.24, 2.45) is 0 Å². The lowest BCUT2D eigenvalue weighted by Crippen LogP contribution is -2.79. The Bertz CT molecular complexity index is 1530. The zero-order valence-electron chi connectivity index (χ0n) is 23.1. The standard InChI is InChI=1S/C30H27N3O8S2/c1-19(34)40-17-22-18-42-29-30(39-2,31-43-24-16-10-9-15-23(24)33(37)38)28(36)32(29)25(22)27(35)41-26(20-11-5-3-6-12-20)21-13-7-4-8-14-21/h3-16,26,29,31H,17-18H2,1-2H3/t29-,30-/m0/s1. The number of nitro groups is 1. The summed E-state index contributed by atoms with van der Waals surface area (Å²) in [7, 11) is 1.35. The van der Waals surface area contributed by atoms with Crippen LogP contribution in [0.15, 0.2) is 101 Å². The van der Waals surface area contributed by atoms with E-state index < -0.39 is 40.0 Å². The fraction of sp³-hybridized carbons (Fsp3) is 0.233. The number of methoxy groups -OCH3 is 1. The van der Waals surface area contributed by atoms with Gasteiger partial charge in [-0.1, -0.05) is 72.8 Å². The Hall–Kier alpha value is -4.17. The first-order valence-corrected chi connectivity index (χ1v) is 15.0. The molecule has 2 aliphatic heterocycles. The number of β-lactam (4-membered cyclic amide) rings is 1. The number of carbonyl (C=O) groups is 3. The minimum atomic E-state index is -1.60. The molecule has 0 aromatic heterocycles. The monoisotopic (exact) mass is 621 g/mol. The quantitative estimate of drug-likeness (QED) is 0.0803. The van der Waals surface area contributed by atoms with Crippen molar-refractivity contribution in [1.29, 1.82) is 0 Å². The lowest BCUT2D eigenvalue weighted by Gasteiger charge is -2.55. The van der Waals surface area contributed by atoms with E-state index in [0.29, 0.717) is 5.57 Å². The third-order valence-corrected chi connectivity index (χ3v) is 9.22. The van der Waals surface area contributed by atoms with Crippen molar-refractivity contribution in [3.8, 4) is 0 Å². The van der Waals surface area contributed by atoms with Gasteiger partial charge in [-0.05, 0) is 29.1 Å². The van der Waals surface area contributed by atoms with E-state index in [-0.39, 0.29) is 28.6 Å². The van der Waals surface area contributed by atoms with Crippen molar-refractivity contribution >= 4 is 47.2 Å². The van der Waals surface area contributed by atoms with Crippen LogP contribution in [0.25, 0.3) is 0 Å². The second-order valence-corrected chi connectivity index (χ2v) is 11.5. The van der Waals surface area contributed by atoms with Crippen LogP contribution >= 0.6 is 23.7 Å². The minimum Gasteiger partial charge on any atom is -0.461 e. The molecule has 43 heavy (non-hydrogen) atoms. The van der Waals surface area contributed by atoms with Gasteiger partial charge in [0, 0.05) is 31.4 Å². The van der Waals surface area contributed by atoms with Crippen LogP contribution in [0.5, 0.6) is 0 Å². The van der Waals surface area contributed by atoms with Crippen LogP contribution in [0.3, 0.4) is 0 Å². The van der Waals surface area contributed by atoms with E-state index in [1.54, 1.807) is 18.2 Å². The molecule has 0 bridgehead atoms. The summed E-state index contributed by atoms with van der Waals surface area (Å²) in [5.41, 5.74) is 0.106. The number of fused-ring (bicyclic) bond motifs is 1. The molecule has 0 saturated carbocycles. The second kappa shape index (κ2) is 13.0. The van der Waals surface area contributed by atoms with Gasteiger partial charge in [0.1, 0.15) is 22.6 Å². The van der Waals surface area contributed by atoms with Gasteiger partial charge in [-0.25, -0.2) is 9.52 Å². The summed E-state index contributed by atoms with van der Waals surface area (Å²) in [6.45, 7) is 1.05. The Morgan fingerprint density at radius 2 is 1.67 bits per heavy atom. The second-order valence-electron chi connectivity index (χ2n) is 9.55. The number of rotatable bonds is 11. The zero-order valence-corrected chi connectivity index (χ0v) is 24.8. The van der Waals surface area contributed by atoms with E-state index >= 15 is 0 Å². The number of esters is 2. The van der Waals surface area contributed by atoms with Crippen LogP contribution < -0.4 is 4.72 Å². The van der Waals surface area contributed by atoms with Crippen LogP contribution in [0.2, 0.25) is 0 Å². The molecule has 3 aromatic carbocycles. The van der Waals surface area contributed by atoms with Gasteiger partial charge in [-0.2, -0.15) is 0 Å². The molecule has 3 aromatic rings. The molecule has 1 N–H and O–H groups in total. The lowest BCUT2D eigenvalue weighted by molar-refractivity contribution is -0.387. The molecule has 0 radical (unpaired) electrons. The maximum Gasteiger partial charge on any atom is 0.356 e. The number of hydrogen-bond donors (Lipinski definition) is 1. The van der Waals surface area contributed by atoms with E-state index in [2.05, 4.69) is 4.72 Å². The molecule has 2 atom stereocenters. The summed E-state index contributed by atoms with van der Waals surface area (Å²) in [6.07, 6.45) is -0.777. The van der Waals surface area contributed by atoms with Gasteiger partial charge in [-0.3, -0.25) is 24.6 Å². The first-order valence-electron chi connectivity index (χ1n) is 13.1. The predicted octanol–water partition coefficient (Wildman–Crippen LogP) is 4.60. The number of carbonyl (C=O) groups excluding carboxylic acids is 3. The average molecular weight is 622 g/mol. The molecule has 2 aliphatic rings. The van der Waals surface area contributed by atoms with Gasteiger partial charge in [0.05, 0.1) is 4.92 Å². The van der Waals surface area contributed by atoms with Gasteiger partial charge in [0.15, 0.2) is 6.10 Å². The summed E-state index contributed by atoms with van der Waals surface area (Å²) >= 11 is 2.19. The largest absolute Gasteiger partial charge is 0.461 e. The Balaban J connectivity index is 1.46. The average Bonchev–Trinajstić information content (AvgIpc) is 3.03. The normalized spacial score (nSPS) is 19.5. The molecule has 5 rings (SSSR count). The Labute approximate surface area is 255 Å². The molecule has 11 nitrogen and oxygen atoms in total. The highest BCUT2D eigenvalue weighted by Gasteiger charge is 2.66. The minimum absolute atomic E-state index is 0.0305. The van der Waals surface area contributed by atoms with Gasteiger partial charge in [0.2, 0.25) is 5.72 Å². The number of benzene rings is 3. The third-order valence-electron chi connectivity index (χ3n) is 6.88. The highest BCUT2D eigenvalue weighted by Crippen LogP contribution is 2.48. The predicted molar refractivity (Wildman–Crippen MR) is 159 cm³/mol. The van der Waals surface area contributed by atoms with Gasteiger partial charge < -0.3 is 14.2 Å². The van der Waals surface area contributed by atoms with Crippen molar-refractivity contribution in [1.82, 2.24) is 9.62 Å². The summed E-state index contributed by atoms with van der Waals surface area (Å²) in [4.78, 5) is 52.0. The van der Waals surface area contributed by atoms with E-state index in [0.717, 1.165) is 23.1 Å². The summed E-state index contributed by atoms with van der Waals surface area (Å²) < 4.78 is 20.0. The topological polar surface area (TPSA) is 137 Å². The fourth-order valence-electron chi connectivity index (χ4n) is 4.77. The van der Waals surface area contributed by atoms with E-state index in [1.165, 1.54) is 36.8 Å². The van der Waals surface area contributed by atoms with E-state index in [9.17, 15) is 24.5 Å². The van der Waals surface area contributed by atoms with Gasteiger partial charge >= 0.3 is 11.9 Å². The Morgan fingerprint density at radius 1 is 1.07 bits per heavy atom. The van der Waals surface area contributed by atoms with Crippen LogP contribution in [-0.4, -0.2) is 58.2 Å². The van der Waals surface area contributed by atoms with Crippen molar-refractivity contribution in [3.05, 3.63) is 117 Å². The third kappa shape index (κ3) is 6.02. The SMILES string of the molecule is CO[C@@]1(NSc2ccccc2[N+](=O)[O-])C(=O)N2C(C(=O)OC(c3ccccc3)c3ccccc3)=C(COC(C)=O)CS[C@H]21. The van der Waals surface area contributed by atoms with Crippen molar-refractivity contribution in [2.45, 2.75) is 29.0 Å². The molecule has 1 saturated heterocycles. The van der Waals surface area contributed by atoms with E-state index in [4.69, 9.17) is 14.2 Å². The number of nitrogens with one attached hydrogen (secondary N) is 1.